The van der Waals surface area contributed by atoms with Gasteiger partial charge in [-0.15, -0.1) is 10.2 Å². The Hall–Kier alpha value is -4.10. The lowest BCUT2D eigenvalue weighted by Gasteiger charge is -2.14. The average molecular weight is 532 g/mol. The van der Waals surface area contributed by atoms with Gasteiger partial charge in [0.05, 0.1) is 22.3 Å². The Balaban J connectivity index is 1.66. The van der Waals surface area contributed by atoms with Crippen LogP contribution in [0.3, 0.4) is 0 Å². The number of aromatic nitrogens is 3. The van der Waals surface area contributed by atoms with Crippen LogP contribution in [0.5, 0.6) is 0 Å². The molecular weight excluding hydrogens is 519 g/mol. The predicted molar refractivity (Wildman–Crippen MR) is 111 cm³/mol. The number of hydrogen-bond acceptors (Lipinski definition) is 3. The van der Waals surface area contributed by atoms with E-state index in [-0.39, 0.29) is 35.2 Å². The molecule has 37 heavy (non-hydrogen) atoms. The Bertz CT molecular complexity index is 1440. The highest BCUT2D eigenvalue weighted by Crippen LogP contribution is 2.38. The first kappa shape index (κ1) is 26.0. The first-order valence-electron chi connectivity index (χ1n) is 10.2. The highest BCUT2D eigenvalue weighted by molar-refractivity contribution is 5.94. The quantitative estimate of drug-likeness (QED) is 0.310. The molecule has 0 spiro atoms. The van der Waals surface area contributed by atoms with Crippen LogP contribution in [-0.2, 0) is 25.1 Å². The summed E-state index contributed by atoms with van der Waals surface area (Å²) in [6, 6.07) is 7.71. The van der Waals surface area contributed by atoms with Crippen molar-refractivity contribution in [1.82, 2.24) is 19.9 Å². The molecule has 5 nitrogen and oxygen atoms in total. The number of fused-ring (bicyclic) bond motifs is 1. The fraction of sp³-hybridized carbons (Fsp3) is 0.174. The van der Waals surface area contributed by atoms with Gasteiger partial charge in [0.2, 0.25) is 0 Å². The van der Waals surface area contributed by atoms with Crippen molar-refractivity contribution in [3.05, 3.63) is 88.6 Å². The summed E-state index contributed by atoms with van der Waals surface area (Å²) in [5.41, 5.74) is -4.48. The van der Waals surface area contributed by atoms with Crippen molar-refractivity contribution in [2.24, 2.45) is 0 Å². The summed E-state index contributed by atoms with van der Waals surface area (Å²) in [5.74, 6) is -1.15. The third-order valence-corrected chi connectivity index (χ3v) is 5.22. The predicted octanol–water partition coefficient (Wildman–Crippen LogP) is 6.38. The molecule has 4 aromatic rings. The molecule has 2 heterocycles. The second-order valence-electron chi connectivity index (χ2n) is 7.84. The van der Waals surface area contributed by atoms with Gasteiger partial charge in [-0.2, -0.15) is 39.5 Å². The average Bonchev–Trinajstić information content (AvgIpc) is 3.24. The van der Waals surface area contributed by atoms with Gasteiger partial charge in [-0.1, -0.05) is 12.1 Å². The first-order chi connectivity index (χ1) is 17.1. The Labute approximate surface area is 201 Å². The molecule has 0 aliphatic rings. The number of carbonyl (C=O) groups excluding carboxylic acids is 1. The molecule has 0 aliphatic heterocycles. The maximum Gasteiger partial charge on any atom is 0.416 e. The van der Waals surface area contributed by atoms with Crippen LogP contribution >= 0.6 is 0 Å². The SMILES string of the molecule is O=C(NCc1cccc(C(F)(F)F)c1)c1ccc2nnc(-c3cc(C(F)(F)F)cc(C(F)(F)F)c3)n2c1. The molecule has 194 valence electrons. The summed E-state index contributed by atoms with van der Waals surface area (Å²) < 4.78 is 119. The molecule has 0 atom stereocenters. The fourth-order valence-corrected chi connectivity index (χ4v) is 3.45. The summed E-state index contributed by atoms with van der Waals surface area (Å²) >= 11 is 0. The highest BCUT2D eigenvalue weighted by Gasteiger charge is 2.37. The normalized spacial score (nSPS) is 12.7. The number of alkyl halides is 9. The van der Waals surface area contributed by atoms with Gasteiger partial charge >= 0.3 is 18.5 Å². The van der Waals surface area contributed by atoms with Crippen LogP contribution in [0.4, 0.5) is 39.5 Å². The minimum Gasteiger partial charge on any atom is -0.348 e. The standard InChI is InChI=1S/C23H13F9N4O/c24-21(25,26)15-3-1-2-12(6-15)10-33-20(37)13-4-5-18-34-35-19(36(18)11-13)14-7-16(22(27,28)29)9-17(8-14)23(30,31)32/h1-9,11H,10H2,(H,33,37). The van der Waals surface area contributed by atoms with Crippen LogP contribution in [0.25, 0.3) is 17.0 Å². The largest absolute Gasteiger partial charge is 0.416 e. The monoisotopic (exact) mass is 532 g/mol. The molecule has 0 radical (unpaired) electrons. The van der Waals surface area contributed by atoms with E-state index in [4.69, 9.17) is 0 Å². The van der Waals surface area contributed by atoms with Gasteiger partial charge in [-0.05, 0) is 48.0 Å². The van der Waals surface area contributed by atoms with Crippen LogP contribution in [-0.4, -0.2) is 20.5 Å². The van der Waals surface area contributed by atoms with E-state index >= 15 is 0 Å². The topological polar surface area (TPSA) is 59.3 Å². The smallest absolute Gasteiger partial charge is 0.348 e. The van der Waals surface area contributed by atoms with E-state index in [1.807, 2.05) is 0 Å². The molecule has 14 heteroatoms. The van der Waals surface area contributed by atoms with E-state index in [9.17, 15) is 44.3 Å². The van der Waals surface area contributed by atoms with Gasteiger partial charge < -0.3 is 5.32 Å². The third-order valence-electron chi connectivity index (χ3n) is 5.22. The molecule has 4 rings (SSSR count). The van der Waals surface area contributed by atoms with E-state index < -0.39 is 46.7 Å². The number of rotatable bonds is 4. The molecule has 0 saturated carbocycles. The lowest BCUT2D eigenvalue weighted by Crippen LogP contribution is -2.23. The molecule has 2 aromatic carbocycles. The number of pyridine rings is 1. The summed E-state index contributed by atoms with van der Waals surface area (Å²) in [5, 5.41) is 9.81. The maximum absolute atomic E-state index is 13.3. The van der Waals surface area contributed by atoms with Gasteiger partial charge in [0.1, 0.15) is 0 Å². The number of carbonyl (C=O) groups is 1. The molecule has 0 fully saturated rings. The zero-order chi connectivity index (χ0) is 27.2. The van der Waals surface area contributed by atoms with Gasteiger partial charge in [-0.3, -0.25) is 9.20 Å². The van der Waals surface area contributed by atoms with Crippen LogP contribution in [0, 0.1) is 0 Å². The Morgan fingerprint density at radius 1 is 0.757 bits per heavy atom. The second kappa shape index (κ2) is 9.09. The van der Waals surface area contributed by atoms with Crippen molar-refractivity contribution in [2.45, 2.75) is 25.1 Å². The highest BCUT2D eigenvalue weighted by atomic mass is 19.4. The van der Waals surface area contributed by atoms with Gasteiger partial charge in [0.25, 0.3) is 5.91 Å². The molecule has 1 amide bonds. The van der Waals surface area contributed by atoms with Gasteiger partial charge in [0, 0.05) is 18.3 Å². The van der Waals surface area contributed by atoms with Crippen molar-refractivity contribution in [3.8, 4) is 11.4 Å². The number of nitrogens with zero attached hydrogens (tertiary/aromatic N) is 3. The Morgan fingerprint density at radius 2 is 1.38 bits per heavy atom. The number of hydrogen-bond donors (Lipinski definition) is 1. The zero-order valence-corrected chi connectivity index (χ0v) is 18.1. The van der Waals surface area contributed by atoms with Gasteiger partial charge in [0.15, 0.2) is 11.5 Å². The second-order valence-corrected chi connectivity index (χ2v) is 7.84. The summed E-state index contributed by atoms with van der Waals surface area (Å²) in [6.45, 7) is -0.279. The number of halogens is 9. The van der Waals surface area contributed by atoms with E-state index in [1.165, 1.54) is 24.3 Å². The third kappa shape index (κ3) is 5.67. The molecule has 1 N–H and O–H groups in total. The maximum atomic E-state index is 13.3. The molecule has 2 aromatic heterocycles. The molecule has 0 unspecified atom stereocenters. The van der Waals surface area contributed by atoms with Crippen molar-refractivity contribution >= 4 is 11.6 Å². The molecule has 0 bridgehead atoms. The fourth-order valence-electron chi connectivity index (χ4n) is 3.45. The van der Waals surface area contributed by atoms with Gasteiger partial charge in [-0.25, -0.2) is 0 Å². The summed E-state index contributed by atoms with van der Waals surface area (Å²) in [7, 11) is 0. The van der Waals surface area contributed by atoms with Crippen LogP contribution < -0.4 is 5.32 Å². The van der Waals surface area contributed by atoms with Crippen LogP contribution in [0.2, 0.25) is 0 Å². The van der Waals surface area contributed by atoms with Crippen LogP contribution in [0.15, 0.2) is 60.8 Å². The molecular formula is C23H13F9N4O. The lowest BCUT2D eigenvalue weighted by molar-refractivity contribution is -0.143. The molecule has 0 aliphatic carbocycles. The number of nitrogens with one attached hydrogen (secondary N) is 1. The van der Waals surface area contributed by atoms with Crippen LogP contribution in [0.1, 0.15) is 32.6 Å². The minimum absolute atomic E-state index is 0.0235. The Kier molecular flexibility index (Phi) is 6.38. The number of benzene rings is 2. The van der Waals surface area contributed by atoms with Crippen molar-refractivity contribution in [2.75, 3.05) is 0 Å². The van der Waals surface area contributed by atoms with E-state index in [0.717, 1.165) is 22.7 Å². The number of amides is 1. The first-order valence-corrected chi connectivity index (χ1v) is 10.2. The molecule has 0 saturated heterocycles. The van der Waals surface area contributed by atoms with E-state index in [1.54, 1.807) is 0 Å². The van der Waals surface area contributed by atoms with Crippen molar-refractivity contribution in [1.29, 1.82) is 0 Å². The Morgan fingerprint density at radius 3 is 1.97 bits per heavy atom. The van der Waals surface area contributed by atoms with E-state index in [0.29, 0.717) is 12.1 Å². The summed E-state index contributed by atoms with van der Waals surface area (Å²) in [6.07, 6.45) is -13.6. The summed E-state index contributed by atoms with van der Waals surface area (Å²) in [4.78, 5) is 12.6. The van der Waals surface area contributed by atoms with Crippen molar-refractivity contribution < 1.29 is 44.3 Å². The van der Waals surface area contributed by atoms with E-state index in [2.05, 4.69) is 15.5 Å². The van der Waals surface area contributed by atoms with Crippen molar-refractivity contribution in [3.63, 3.8) is 0 Å². The zero-order valence-electron chi connectivity index (χ0n) is 18.1. The minimum atomic E-state index is -5.08. The lowest BCUT2D eigenvalue weighted by atomic mass is 10.0.